The number of rotatable bonds is 4. The molecule has 0 aliphatic rings. The van der Waals surface area contributed by atoms with Gasteiger partial charge in [-0.3, -0.25) is 4.79 Å². The van der Waals surface area contributed by atoms with Crippen LogP contribution in [0.4, 0.5) is 0 Å². The summed E-state index contributed by atoms with van der Waals surface area (Å²) in [5.74, 6) is 0.494. The van der Waals surface area contributed by atoms with E-state index in [1.165, 1.54) is 0 Å². The molecule has 1 aromatic carbocycles. The van der Waals surface area contributed by atoms with E-state index in [0.29, 0.717) is 5.76 Å². The molecule has 3 N–H and O–H groups in total. The van der Waals surface area contributed by atoms with Crippen LogP contribution in [-0.2, 0) is 4.79 Å². The molecule has 0 aliphatic carbocycles. The summed E-state index contributed by atoms with van der Waals surface area (Å²) >= 11 is 0. The molecule has 0 saturated carbocycles. The summed E-state index contributed by atoms with van der Waals surface area (Å²) < 4.78 is 5.23. The van der Waals surface area contributed by atoms with Gasteiger partial charge in [0.2, 0.25) is 5.91 Å². The highest BCUT2D eigenvalue weighted by Gasteiger charge is 2.18. The lowest BCUT2D eigenvalue weighted by molar-refractivity contribution is -0.123. The fraction of sp³-hybridized carbons (Fsp3) is 0.214. The van der Waals surface area contributed by atoms with Gasteiger partial charge in [0.05, 0.1) is 12.3 Å². The summed E-state index contributed by atoms with van der Waals surface area (Å²) in [6, 6.07) is 12.0. The maximum Gasteiger partial charge on any atom is 0.242 e. The van der Waals surface area contributed by atoms with Crippen LogP contribution in [0.3, 0.4) is 0 Å². The predicted octanol–water partition coefficient (Wildman–Crippen LogP) is 2.16. The Kier molecular flexibility index (Phi) is 3.79. The highest BCUT2D eigenvalue weighted by Crippen LogP contribution is 2.15. The lowest BCUT2D eigenvalue weighted by Gasteiger charge is -2.16. The Balaban J connectivity index is 2.00. The minimum Gasteiger partial charge on any atom is -0.467 e. The average Bonchev–Trinajstić information content (AvgIpc) is 2.92. The van der Waals surface area contributed by atoms with Crippen LogP contribution < -0.4 is 11.1 Å². The monoisotopic (exact) mass is 244 g/mol. The van der Waals surface area contributed by atoms with Gasteiger partial charge in [0.1, 0.15) is 11.8 Å². The van der Waals surface area contributed by atoms with E-state index < -0.39 is 6.04 Å². The van der Waals surface area contributed by atoms with Gasteiger partial charge >= 0.3 is 0 Å². The summed E-state index contributed by atoms with van der Waals surface area (Å²) in [4.78, 5) is 12.0. The first kappa shape index (κ1) is 12.4. The van der Waals surface area contributed by atoms with Crippen molar-refractivity contribution in [3.8, 4) is 0 Å². The second-order valence-corrected chi connectivity index (χ2v) is 4.13. The second-order valence-electron chi connectivity index (χ2n) is 4.13. The number of hydrogen-bond donors (Lipinski definition) is 2. The van der Waals surface area contributed by atoms with E-state index in [1.54, 1.807) is 12.3 Å². The maximum absolute atomic E-state index is 12.0. The van der Waals surface area contributed by atoms with E-state index in [2.05, 4.69) is 5.32 Å². The normalized spacial score (nSPS) is 13.9. The Labute approximate surface area is 106 Å². The van der Waals surface area contributed by atoms with Crippen molar-refractivity contribution in [1.29, 1.82) is 0 Å². The van der Waals surface area contributed by atoms with E-state index in [9.17, 15) is 4.79 Å². The molecule has 0 radical (unpaired) electrons. The number of amides is 1. The number of nitrogens with two attached hydrogens (primary N) is 1. The lowest BCUT2D eigenvalue weighted by atomic mass is 10.1. The second kappa shape index (κ2) is 5.51. The molecular weight excluding hydrogens is 228 g/mol. The van der Waals surface area contributed by atoms with Gasteiger partial charge in [-0.2, -0.15) is 0 Å². The van der Waals surface area contributed by atoms with Crippen molar-refractivity contribution in [2.24, 2.45) is 5.73 Å². The first-order valence-electron chi connectivity index (χ1n) is 5.83. The summed E-state index contributed by atoms with van der Waals surface area (Å²) in [5, 5.41) is 2.82. The SMILES string of the molecule is C[C@H](NC(=O)[C@@H](N)c1ccccc1)c1ccco1. The van der Waals surface area contributed by atoms with Crippen LogP contribution >= 0.6 is 0 Å². The molecule has 1 aromatic heterocycles. The molecular formula is C14H16N2O2. The van der Waals surface area contributed by atoms with Gasteiger partial charge < -0.3 is 15.5 Å². The third-order valence-electron chi connectivity index (χ3n) is 2.77. The number of hydrogen-bond acceptors (Lipinski definition) is 3. The molecule has 4 heteroatoms. The van der Waals surface area contributed by atoms with E-state index in [1.807, 2.05) is 43.3 Å². The fourth-order valence-corrected chi connectivity index (χ4v) is 1.72. The highest BCUT2D eigenvalue weighted by atomic mass is 16.3. The van der Waals surface area contributed by atoms with E-state index >= 15 is 0 Å². The summed E-state index contributed by atoms with van der Waals surface area (Å²) in [7, 11) is 0. The van der Waals surface area contributed by atoms with Gasteiger partial charge in [-0.1, -0.05) is 30.3 Å². The van der Waals surface area contributed by atoms with E-state index in [-0.39, 0.29) is 11.9 Å². The maximum atomic E-state index is 12.0. The lowest BCUT2D eigenvalue weighted by Crippen LogP contribution is -2.35. The number of carbonyl (C=O) groups excluding carboxylic acids is 1. The third-order valence-corrected chi connectivity index (χ3v) is 2.77. The van der Waals surface area contributed by atoms with E-state index in [0.717, 1.165) is 5.56 Å². The van der Waals surface area contributed by atoms with Gasteiger partial charge in [0.15, 0.2) is 0 Å². The molecule has 2 atom stereocenters. The van der Waals surface area contributed by atoms with Crippen molar-refractivity contribution in [3.63, 3.8) is 0 Å². The Morgan fingerprint density at radius 2 is 1.94 bits per heavy atom. The number of furan rings is 1. The molecule has 2 aromatic rings. The molecule has 0 fully saturated rings. The molecule has 1 amide bonds. The van der Waals surface area contributed by atoms with Crippen LogP contribution in [0.5, 0.6) is 0 Å². The van der Waals surface area contributed by atoms with Crippen LogP contribution in [-0.4, -0.2) is 5.91 Å². The van der Waals surface area contributed by atoms with Crippen LogP contribution in [0.1, 0.15) is 30.3 Å². The highest BCUT2D eigenvalue weighted by molar-refractivity contribution is 5.83. The fourth-order valence-electron chi connectivity index (χ4n) is 1.72. The standard InChI is InChI=1S/C14H16N2O2/c1-10(12-8-5-9-18-12)16-14(17)13(15)11-6-3-2-4-7-11/h2-10,13H,15H2,1H3,(H,16,17)/t10-,13-/m0/s1. The van der Waals surface area contributed by atoms with Crippen LogP contribution in [0.15, 0.2) is 53.1 Å². The van der Waals surface area contributed by atoms with Crippen molar-refractivity contribution in [2.45, 2.75) is 19.0 Å². The predicted molar refractivity (Wildman–Crippen MR) is 68.6 cm³/mol. The summed E-state index contributed by atoms with van der Waals surface area (Å²) in [6.45, 7) is 1.86. The van der Waals surface area contributed by atoms with Crippen LogP contribution in [0.25, 0.3) is 0 Å². The smallest absolute Gasteiger partial charge is 0.242 e. The van der Waals surface area contributed by atoms with Crippen molar-refractivity contribution in [1.82, 2.24) is 5.32 Å². The molecule has 1 heterocycles. The Morgan fingerprint density at radius 3 is 2.56 bits per heavy atom. The molecule has 0 unspecified atom stereocenters. The van der Waals surface area contributed by atoms with Crippen LogP contribution in [0.2, 0.25) is 0 Å². The molecule has 2 rings (SSSR count). The molecule has 0 bridgehead atoms. The number of benzene rings is 1. The number of nitrogens with one attached hydrogen (secondary N) is 1. The summed E-state index contributed by atoms with van der Waals surface area (Å²) in [6.07, 6.45) is 1.58. The average molecular weight is 244 g/mol. The zero-order chi connectivity index (χ0) is 13.0. The van der Waals surface area contributed by atoms with Crippen molar-refractivity contribution < 1.29 is 9.21 Å². The van der Waals surface area contributed by atoms with Gasteiger partial charge in [0.25, 0.3) is 0 Å². The Morgan fingerprint density at radius 1 is 1.22 bits per heavy atom. The Hall–Kier alpha value is -2.07. The minimum atomic E-state index is -0.663. The quantitative estimate of drug-likeness (QED) is 0.866. The first-order chi connectivity index (χ1) is 8.68. The molecule has 4 nitrogen and oxygen atoms in total. The Bertz CT molecular complexity index is 494. The van der Waals surface area contributed by atoms with Crippen LogP contribution in [0, 0.1) is 0 Å². The van der Waals surface area contributed by atoms with Gasteiger partial charge in [0, 0.05) is 0 Å². The zero-order valence-corrected chi connectivity index (χ0v) is 10.2. The largest absolute Gasteiger partial charge is 0.467 e. The van der Waals surface area contributed by atoms with Crippen molar-refractivity contribution in [2.75, 3.05) is 0 Å². The van der Waals surface area contributed by atoms with Gasteiger partial charge in [-0.15, -0.1) is 0 Å². The summed E-state index contributed by atoms with van der Waals surface area (Å²) in [5.41, 5.74) is 6.69. The van der Waals surface area contributed by atoms with Gasteiger partial charge in [-0.05, 0) is 24.6 Å². The number of carbonyl (C=O) groups is 1. The molecule has 0 spiro atoms. The topological polar surface area (TPSA) is 68.3 Å². The van der Waals surface area contributed by atoms with Crippen molar-refractivity contribution >= 4 is 5.91 Å². The first-order valence-corrected chi connectivity index (χ1v) is 5.83. The molecule has 0 aliphatic heterocycles. The third kappa shape index (κ3) is 2.78. The molecule has 0 saturated heterocycles. The molecule has 18 heavy (non-hydrogen) atoms. The minimum absolute atomic E-state index is 0.192. The van der Waals surface area contributed by atoms with Gasteiger partial charge in [-0.25, -0.2) is 0 Å². The zero-order valence-electron chi connectivity index (χ0n) is 10.2. The van der Waals surface area contributed by atoms with E-state index in [4.69, 9.17) is 10.2 Å². The van der Waals surface area contributed by atoms with Crippen molar-refractivity contribution in [3.05, 3.63) is 60.1 Å². The molecule has 94 valence electrons.